The molecule has 0 radical (unpaired) electrons. The Morgan fingerprint density at radius 2 is 2.31 bits per heavy atom. The molecular weight excluding hydrogens is 248 g/mol. The molecule has 0 aromatic carbocycles. The van der Waals surface area contributed by atoms with E-state index in [0.717, 1.165) is 0 Å². The van der Waals surface area contributed by atoms with Crippen LogP contribution < -0.4 is 4.72 Å². The predicted octanol–water partition coefficient (Wildman–Crippen LogP) is 0.257. The Morgan fingerprint density at radius 1 is 1.56 bits per heavy atom. The number of likely N-dealkylation sites (tertiary alicyclic amines) is 1. The first-order valence-electron chi connectivity index (χ1n) is 4.79. The van der Waals surface area contributed by atoms with Crippen molar-refractivity contribution in [1.29, 1.82) is 0 Å². The average Bonchev–Trinajstić information content (AvgIpc) is 2.77. The van der Waals surface area contributed by atoms with Crippen LogP contribution in [0.15, 0.2) is 21.7 Å². The van der Waals surface area contributed by atoms with Crippen LogP contribution in [-0.4, -0.2) is 38.9 Å². The lowest BCUT2D eigenvalue weighted by Crippen LogP contribution is -2.36. The third-order valence-electron chi connectivity index (χ3n) is 2.42. The van der Waals surface area contributed by atoms with Crippen molar-refractivity contribution in [3.8, 4) is 0 Å². The van der Waals surface area contributed by atoms with Gasteiger partial charge in [0, 0.05) is 26.1 Å². The summed E-state index contributed by atoms with van der Waals surface area (Å²) in [6, 6.07) is 2.92. The van der Waals surface area contributed by atoms with Crippen molar-refractivity contribution in [3.63, 3.8) is 0 Å². The fourth-order valence-electron chi connectivity index (χ4n) is 1.64. The van der Waals surface area contributed by atoms with Crippen molar-refractivity contribution < 1.29 is 13.2 Å². The summed E-state index contributed by atoms with van der Waals surface area (Å²) in [6.45, 7) is 0.434. The Bertz CT molecular complexity index is 481. The second-order valence-electron chi connectivity index (χ2n) is 3.73. The van der Waals surface area contributed by atoms with Crippen molar-refractivity contribution in [3.05, 3.63) is 17.5 Å². The van der Waals surface area contributed by atoms with Gasteiger partial charge in [0.2, 0.25) is 15.9 Å². The van der Waals surface area contributed by atoms with Gasteiger partial charge < -0.3 is 4.90 Å². The molecule has 0 bridgehead atoms. The van der Waals surface area contributed by atoms with Crippen molar-refractivity contribution in [1.82, 2.24) is 9.62 Å². The third kappa shape index (κ3) is 2.26. The summed E-state index contributed by atoms with van der Waals surface area (Å²) < 4.78 is 26.5. The van der Waals surface area contributed by atoms with E-state index in [4.69, 9.17) is 0 Å². The highest BCUT2D eigenvalue weighted by Crippen LogP contribution is 2.18. The van der Waals surface area contributed by atoms with Crippen LogP contribution in [0.5, 0.6) is 0 Å². The summed E-state index contributed by atoms with van der Waals surface area (Å²) >= 11 is 1.17. The first kappa shape index (κ1) is 11.6. The van der Waals surface area contributed by atoms with Crippen LogP contribution >= 0.6 is 11.3 Å². The zero-order valence-electron chi connectivity index (χ0n) is 8.71. The predicted molar refractivity (Wildman–Crippen MR) is 60.7 cm³/mol. The molecule has 88 valence electrons. The maximum absolute atomic E-state index is 11.8. The highest BCUT2D eigenvalue weighted by molar-refractivity contribution is 7.91. The molecule has 0 aliphatic carbocycles. The number of nitrogens with zero attached hydrogens (tertiary/aromatic N) is 1. The summed E-state index contributed by atoms with van der Waals surface area (Å²) in [5.41, 5.74) is 0. The SMILES string of the molecule is CN1CC(NS(=O)(=O)c2cccs2)CC1=O. The molecule has 1 aromatic rings. The molecule has 1 fully saturated rings. The van der Waals surface area contributed by atoms with Crippen molar-refractivity contribution in [2.45, 2.75) is 16.7 Å². The molecule has 1 N–H and O–H groups in total. The number of amides is 1. The number of nitrogens with one attached hydrogen (secondary N) is 1. The van der Waals surface area contributed by atoms with Crippen LogP contribution in [0.3, 0.4) is 0 Å². The molecule has 1 unspecified atom stereocenters. The van der Waals surface area contributed by atoms with Crippen LogP contribution in [0.2, 0.25) is 0 Å². The number of rotatable bonds is 3. The van der Waals surface area contributed by atoms with Gasteiger partial charge in [0.25, 0.3) is 0 Å². The molecule has 7 heteroatoms. The number of sulfonamides is 1. The molecule has 1 saturated heterocycles. The number of carbonyl (C=O) groups excluding carboxylic acids is 1. The Hall–Kier alpha value is -0.920. The molecule has 1 aromatic heterocycles. The largest absolute Gasteiger partial charge is 0.344 e. The zero-order chi connectivity index (χ0) is 11.8. The summed E-state index contributed by atoms with van der Waals surface area (Å²) in [7, 11) is -1.79. The number of likely N-dealkylation sites (N-methyl/N-ethyl adjacent to an activating group) is 1. The van der Waals surface area contributed by atoms with Crippen LogP contribution in [0.25, 0.3) is 0 Å². The van der Waals surface area contributed by atoms with Crippen LogP contribution in [0.1, 0.15) is 6.42 Å². The second kappa shape index (κ2) is 4.15. The topological polar surface area (TPSA) is 66.5 Å². The molecule has 2 heterocycles. The maximum Gasteiger partial charge on any atom is 0.250 e. The van der Waals surface area contributed by atoms with E-state index in [2.05, 4.69) is 4.72 Å². The average molecular weight is 260 g/mol. The molecule has 5 nitrogen and oxygen atoms in total. The van der Waals surface area contributed by atoms with Gasteiger partial charge in [-0.25, -0.2) is 13.1 Å². The van der Waals surface area contributed by atoms with Gasteiger partial charge in [-0.3, -0.25) is 4.79 Å². The Kier molecular flexibility index (Phi) is 3.00. The van der Waals surface area contributed by atoms with Gasteiger partial charge >= 0.3 is 0 Å². The molecule has 1 aliphatic heterocycles. The van der Waals surface area contributed by atoms with Gasteiger partial charge in [0.05, 0.1) is 0 Å². The standard InChI is InChI=1S/C9H12N2O3S2/c1-11-6-7(5-8(11)12)10-16(13,14)9-3-2-4-15-9/h2-4,7,10H,5-6H2,1H3. The Balaban J connectivity index is 2.09. The van der Waals surface area contributed by atoms with Gasteiger partial charge in [0.15, 0.2) is 0 Å². The monoisotopic (exact) mass is 260 g/mol. The molecule has 1 aliphatic rings. The minimum absolute atomic E-state index is 0.0288. The first-order chi connectivity index (χ1) is 7.49. The lowest BCUT2D eigenvalue weighted by Gasteiger charge is -2.11. The summed E-state index contributed by atoms with van der Waals surface area (Å²) in [6.07, 6.45) is 0.237. The van der Waals surface area contributed by atoms with Crippen LogP contribution in [0.4, 0.5) is 0 Å². The van der Waals surface area contributed by atoms with Crippen molar-refractivity contribution >= 4 is 27.3 Å². The maximum atomic E-state index is 11.8. The van der Waals surface area contributed by atoms with Crippen LogP contribution in [-0.2, 0) is 14.8 Å². The molecule has 1 atom stereocenters. The molecule has 0 saturated carbocycles. The van der Waals surface area contributed by atoms with Gasteiger partial charge in [0.1, 0.15) is 4.21 Å². The van der Waals surface area contributed by atoms with E-state index in [1.54, 1.807) is 24.6 Å². The van der Waals surface area contributed by atoms with Gasteiger partial charge in [-0.05, 0) is 11.4 Å². The lowest BCUT2D eigenvalue weighted by atomic mass is 10.3. The van der Waals surface area contributed by atoms with Crippen LogP contribution in [0, 0.1) is 0 Å². The Morgan fingerprint density at radius 3 is 2.81 bits per heavy atom. The first-order valence-corrected chi connectivity index (χ1v) is 7.15. The van der Waals surface area contributed by atoms with Crippen molar-refractivity contribution in [2.75, 3.05) is 13.6 Å². The summed E-state index contributed by atoms with van der Waals surface area (Å²) in [4.78, 5) is 12.8. The highest BCUT2D eigenvalue weighted by atomic mass is 32.2. The van der Waals surface area contributed by atoms with E-state index in [9.17, 15) is 13.2 Å². The van der Waals surface area contributed by atoms with E-state index in [0.29, 0.717) is 6.54 Å². The third-order valence-corrected chi connectivity index (χ3v) is 5.34. The Labute approximate surface area is 98.1 Å². The van der Waals surface area contributed by atoms with Gasteiger partial charge in [-0.15, -0.1) is 11.3 Å². The fourth-order valence-corrected chi connectivity index (χ4v) is 3.87. The minimum atomic E-state index is -3.46. The van der Waals surface area contributed by atoms with Gasteiger partial charge in [-0.1, -0.05) is 6.07 Å². The highest BCUT2D eigenvalue weighted by Gasteiger charge is 2.30. The number of carbonyl (C=O) groups is 1. The second-order valence-corrected chi connectivity index (χ2v) is 6.62. The fraction of sp³-hybridized carbons (Fsp3) is 0.444. The normalized spacial score (nSPS) is 21.7. The van der Waals surface area contributed by atoms with E-state index < -0.39 is 10.0 Å². The van der Waals surface area contributed by atoms with E-state index in [1.807, 2.05) is 0 Å². The van der Waals surface area contributed by atoms with E-state index in [-0.39, 0.29) is 22.6 Å². The summed E-state index contributed by atoms with van der Waals surface area (Å²) in [5.74, 6) is -0.0288. The number of hydrogen-bond donors (Lipinski definition) is 1. The minimum Gasteiger partial charge on any atom is -0.344 e. The van der Waals surface area contributed by atoms with Gasteiger partial charge in [-0.2, -0.15) is 0 Å². The zero-order valence-corrected chi connectivity index (χ0v) is 10.3. The van der Waals surface area contributed by atoms with E-state index in [1.165, 1.54) is 16.2 Å². The number of hydrogen-bond acceptors (Lipinski definition) is 4. The number of thiophene rings is 1. The molecule has 2 rings (SSSR count). The molecule has 16 heavy (non-hydrogen) atoms. The lowest BCUT2D eigenvalue weighted by molar-refractivity contribution is -0.126. The molecule has 1 amide bonds. The van der Waals surface area contributed by atoms with E-state index >= 15 is 0 Å². The summed E-state index contributed by atoms with van der Waals surface area (Å²) in [5, 5.41) is 1.71. The molecular formula is C9H12N2O3S2. The smallest absolute Gasteiger partial charge is 0.250 e. The quantitative estimate of drug-likeness (QED) is 0.847. The van der Waals surface area contributed by atoms with Crippen molar-refractivity contribution in [2.24, 2.45) is 0 Å². The molecule has 0 spiro atoms.